The topological polar surface area (TPSA) is 59.1 Å². The predicted molar refractivity (Wildman–Crippen MR) is 98.6 cm³/mol. The Morgan fingerprint density at radius 2 is 1.42 bits per heavy atom. The van der Waals surface area contributed by atoms with Crippen LogP contribution in [0.25, 0.3) is 0 Å². The number of benzene rings is 1. The van der Waals surface area contributed by atoms with Crippen molar-refractivity contribution in [2.45, 2.75) is 32.1 Å². The van der Waals surface area contributed by atoms with Crippen molar-refractivity contribution in [3.05, 3.63) is 23.8 Å². The Bertz CT molecular complexity index is 625. The molecular formula is C20H28N2O4. The third-order valence-corrected chi connectivity index (χ3v) is 5.47. The number of carbonyl (C=O) groups is 2. The van der Waals surface area contributed by atoms with Crippen LogP contribution in [0.5, 0.6) is 11.5 Å². The monoisotopic (exact) mass is 360 g/mol. The summed E-state index contributed by atoms with van der Waals surface area (Å²) in [5, 5.41) is 0. The van der Waals surface area contributed by atoms with E-state index in [1.54, 1.807) is 37.3 Å². The lowest BCUT2D eigenvalue weighted by Gasteiger charge is -2.37. The van der Waals surface area contributed by atoms with Crippen molar-refractivity contribution in [1.29, 1.82) is 0 Å². The van der Waals surface area contributed by atoms with E-state index in [9.17, 15) is 9.59 Å². The van der Waals surface area contributed by atoms with Gasteiger partial charge in [0.25, 0.3) is 5.91 Å². The van der Waals surface area contributed by atoms with Gasteiger partial charge in [0.2, 0.25) is 5.91 Å². The van der Waals surface area contributed by atoms with Crippen molar-refractivity contribution >= 4 is 11.8 Å². The summed E-state index contributed by atoms with van der Waals surface area (Å²) in [6.45, 7) is 2.27. The summed E-state index contributed by atoms with van der Waals surface area (Å²) < 4.78 is 10.7. The van der Waals surface area contributed by atoms with Crippen molar-refractivity contribution in [2.75, 3.05) is 40.4 Å². The third-order valence-electron chi connectivity index (χ3n) is 5.47. The second-order valence-electron chi connectivity index (χ2n) is 6.99. The molecule has 0 bridgehead atoms. The van der Waals surface area contributed by atoms with Crippen LogP contribution >= 0.6 is 0 Å². The Morgan fingerprint density at radius 1 is 0.885 bits per heavy atom. The number of ether oxygens (including phenoxy) is 2. The normalized spacial score (nSPS) is 18.5. The van der Waals surface area contributed by atoms with Crippen LogP contribution in [0.4, 0.5) is 0 Å². The maximum atomic E-state index is 13.0. The van der Waals surface area contributed by atoms with Crippen LogP contribution < -0.4 is 9.47 Å². The lowest BCUT2D eigenvalue weighted by Crippen LogP contribution is -2.52. The predicted octanol–water partition coefficient (Wildman–Crippen LogP) is 2.57. The van der Waals surface area contributed by atoms with E-state index in [1.165, 1.54) is 6.42 Å². The van der Waals surface area contributed by atoms with Gasteiger partial charge in [-0.05, 0) is 25.0 Å². The fourth-order valence-electron chi connectivity index (χ4n) is 3.96. The number of piperazine rings is 1. The first kappa shape index (κ1) is 18.5. The molecule has 1 aliphatic heterocycles. The van der Waals surface area contributed by atoms with E-state index in [-0.39, 0.29) is 17.7 Å². The maximum absolute atomic E-state index is 13.0. The van der Waals surface area contributed by atoms with Gasteiger partial charge in [0, 0.05) is 32.1 Å². The molecule has 2 fully saturated rings. The number of rotatable bonds is 4. The SMILES string of the molecule is COc1cccc(OC)c1C(=O)N1CCN(C(=O)C2CCCCC2)CC1. The Labute approximate surface area is 155 Å². The smallest absolute Gasteiger partial charge is 0.261 e. The molecule has 0 aromatic heterocycles. The van der Waals surface area contributed by atoms with Crippen LogP contribution in [-0.2, 0) is 4.79 Å². The van der Waals surface area contributed by atoms with E-state index in [0.717, 1.165) is 25.7 Å². The summed E-state index contributed by atoms with van der Waals surface area (Å²) in [6.07, 6.45) is 5.57. The minimum absolute atomic E-state index is 0.107. The van der Waals surface area contributed by atoms with Gasteiger partial charge in [-0.2, -0.15) is 0 Å². The van der Waals surface area contributed by atoms with E-state index in [0.29, 0.717) is 43.2 Å². The minimum atomic E-state index is -0.107. The second kappa shape index (κ2) is 8.43. The van der Waals surface area contributed by atoms with Gasteiger partial charge in [-0.15, -0.1) is 0 Å². The molecule has 2 amide bonds. The van der Waals surface area contributed by atoms with Crippen molar-refractivity contribution in [1.82, 2.24) is 9.80 Å². The van der Waals surface area contributed by atoms with Crippen molar-refractivity contribution < 1.29 is 19.1 Å². The molecule has 0 spiro atoms. The third kappa shape index (κ3) is 3.79. The highest BCUT2D eigenvalue weighted by Crippen LogP contribution is 2.30. The molecule has 1 aliphatic carbocycles. The highest BCUT2D eigenvalue weighted by atomic mass is 16.5. The van der Waals surface area contributed by atoms with Gasteiger partial charge in [0.15, 0.2) is 0 Å². The Morgan fingerprint density at radius 3 is 1.96 bits per heavy atom. The average Bonchev–Trinajstić information content (AvgIpc) is 2.72. The molecule has 0 N–H and O–H groups in total. The molecule has 3 rings (SSSR count). The lowest BCUT2D eigenvalue weighted by atomic mass is 9.88. The van der Waals surface area contributed by atoms with Crippen LogP contribution in [0.1, 0.15) is 42.5 Å². The van der Waals surface area contributed by atoms with Crippen LogP contribution in [0.3, 0.4) is 0 Å². The molecule has 6 nitrogen and oxygen atoms in total. The molecule has 0 radical (unpaired) electrons. The molecule has 0 unspecified atom stereocenters. The quantitative estimate of drug-likeness (QED) is 0.828. The van der Waals surface area contributed by atoms with E-state index in [4.69, 9.17) is 9.47 Å². The zero-order chi connectivity index (χ0) is 18.5. The standard InChI is InChI=1S/C20H28N2O4/c1-25-16-9-6-10-17(26-2)18(16)20(24)22-13-11-21(12-14-22)19(23)15-7-4-3-5-8-15/h6,9-10,15H,3-5,7-8,11-14H2,1-2H3. The molecular weight excluding hydrogens is 332 g/mol. The van der Waals surface area contributed by atoms with Gasteiger partial charge in [0.05, 0.1) is 14.2 Å². The van der Waals surface area contributed by atoms with Crippen LogP contribution in [0.2, 0.25) is 0 Å². The number of amides is 2. The maximum Gasteiger partial charge on any atom is 0.261 e. The summed E-state index contributed by atoms with van der Waals surface area (Å²) in [7, 11) is 3.10. The van der Waals surface area contributed by atoms with Gasteiger partial charge in [-0.25, -0.2) is 0 Å². The largest absolute Gasteiger partial charge is 0.496 e. The molecule has 1 heterocycles. The first-order valence-electron chi connectivity index (χ1n) is 9.44. The number of methoxy groups -OCH3 is 2. The number of hydrogen-bond acceptors (Lipinski definition) is 4. The number of nitrogens with zero attached hydrogens (tertiary/aromatic N) is 2. The highest BCUT2D eigenvalue weighted by Gasteiger charge is 2.31. The fourth-order valence-corrected chi connectivity index (χ4v) is 3.96. The molecule has 1 saturated carbocycles. The molecule has 2 aliphatic rings. The minimum Gasteiger partial charge on any atom is -0.496 e. The van der Waals surface area contributed by atoms with E-state index >= 15 is 0 Å². The summed E-state index contributed by atoms with van der Waals surface area (Å²) in [4.78, 5) is 29.4. The summed E-state index contributed by atoms with van der Waals surface area (Å²) in [5.41, 5.74) is 0.449. The molecule has 1 aromatic rings. The molecule has 0 atom stereocenters. The van der Waals surface area contributed by atoms with Gasteiger partial charge in [-0.1, -0.05) is 25.3 Å². The summed E-state index contributed by atoms with van der Waals surface area (Å²) >= 11 is 0. The number of hydrogen-bond donors (Lipinski definition) is 0. The molecule has 1 saturated heterocycles. The van der Waals surface area contributed by atoms with Gasteiger partial charge in [0.1, 0.15) is 17.1 Å². The molecule has 26 heavy (non-hydrogen) atoms. The zero-order valence-corrected chi connectivity index (χ0v) is 15.7. The van der Waals surface area contributed by atoms with Gasteiger partial charge < -0.3 is 19.3 Å². The molecule has 1 aromatic carbocycles. The first-order valence-corrected chi connectivity index (χ1v) is 9.44. The second-order valence-corrected chi connectivity index (χ2v) is 6.99. The van der Waals surface area contributed by atoms with Crippen LogP contribution in [0.15, 0.2) is 18.2 Å². The summed E-state index contributed by atoms with van der Waals surface area (Å²) in [6, 6.07) is 5.33. The lowest BCUT2D eigenvalue weighted by molar-refractivity contribution is -0.138. The van der Waals surface area contributed by atoms with Crippen LogP contribution in [0, 0.1) is 5.92 Å². The van der Waals surface area contributed by atoms with Crippen molar-refractivity contribution in [3.63, 3.8) is 0 Å². The van der Waals surface area contributed by atoms with Crippen molar-refractivity contribution in [3.8, 4) is 11.5 Å². The van der Waals surface area contributed by atoms with Crippen LogP contribution in [-0.4, -0.2) is 62.0 Å². The van der Waals surface area contributed by atoms with Gasteiger partial charge in [-0.3, -0.25) is 9.59 Å². The number of carbonyl (C=O) groups excluding carboxylic acids is 2. The van der Waals surface area contributed by atoms with E-state index in [2.05, 4.69) is 0 Å². The summed E-state index contributed by atoms with van der Waals surface area (Å²) in [5.74, 6) is 1.36. The van der Waals surface area contributed by atoms with E-state index in [1.807, 2.05) is 4.90 Å². The Kier molecular flexibility index (Phi) is 6.01. The molecule has 142 valence electrons. The fraction of sp³-hybridized carbons (Fsp3) is 0.600. The van der Waals surface area contributed by atoms with Gasteiger partial charge >= 0.3 is 0 Å². The Balaban J connectivity index is 1.65. The average molecular weight is 360 g/mol. The zero-order valence-electron chi connectivity index (χ0n) is 15.7. The van der Waals surface area contributed by atoms with E-state index < -0.39 is 0 Å². The Hall–Kier alpha value is -2.24. The molecule has 6 heteroatoms. The highest BCUT2D eigenvalue weighted by molar-refractivity contribution is 6.00. The van der Waals surface area contributed by atoms with Crippen molar-refractivity contribution in [2.24, 2.45) is 5.92 Å². The first-order chi connectivity index (χ1) is 12.7.